The number of epoxide rings is 1. The van der Waals surface area contributed by atoms with Gasteiger partial charge in [0.15, 0.2) is 0 Å². The van der Waals surface area contributed by atoms with Crippen LogP contribution in [0.3, 0.4) is 0 Å². The lowest BCUT2D eigenvalue weighted by Crippen LogP contribution is -2.23. The van der Waals surface area contributed by atoms with Crippen molar-refractivity contribution in [2.45, 2.75) is 19.1 Å². The van der Waals surface area contributed by atoms with Crippen molar-refractivity contribution in [1.29, 1.82) is 0 Å². The number of ether oxygens (including phenoxy) is 1. The summed E-state index contributed by atoms with van der Waals surface area (Å²) in [5.41, 5.74) is -0.0705. The van der Waals surface area contributed by atoms with E-state index in [-0.39, 0.29) is 11.7 Å². The minimum atomic E-state index is -2.64. The Morgan fingerprint density at radius 1 is 1.39 bits per heavy atom. The highest BCUT2D eigenvalue weighted by Crippen LogP contribution is 2.26. The predicted molar refractivity (Wildman–Crippen MR) is 62.9 cm³/mol. The largest absolute Gasteiger partial charge is 0.371 e. The van der Waals surface area contributed by atoms with Crippen molar-refractivity contribution < 1.29 is 13.5 Å². The van der Waals surface area contributed by atoms with E-state index in [2.05, 4.69) is 0 Å². The molecule has 0 bridgehead atoms. The summed E-state index contributed by atoms with van der Waals surface area (Å²) >= 11 is 0. The topological polar surface area (TPSA) is 34.5 Å². The van der Waals surface area contributed by atoms with E-state index in [0.29, 0.717) is 24.1 Å². The number of nitrogens with zero attached hydrogens (tertiary/aromatic N) is 1. The SMILES string of the molecule is O=c1cc(C(F)F)c2ccccc2n1C[C@@H]1CO1. The van der Waals surface area contributed by atoms with Crippen molar-refractivity contribution in [3.8, 4) is 0 Å². The second kappa shape index (κ2) is 4.17. The van der Waals surface area contributed by atoms with Crippen molar-refractivity contribution in [3.63, 3.8) is 0 Å². The predicted octanol–water partition coefficient (Wildman–Crippen LogP) is 2.34. The highest BCUT2D eigenvalue weighted by atomic mass is 19.3. The summed E-state index contributed by atoms with van der Waals surface area (Å²) in [7, 11) is 0. The Labute approximate surface area is 102 Å². The maximum absolute atomic E-state index is 12.9. The number of rotatable bonds is 3. The molecule has 0 radical (unpaired) electrons. The van der Waals surface area contributed by atoms with Gasteiger partial charge in [0, 0.05) is 17.0 Å². The minimum Gasteiger partial charge on any atom is -0.371 e. The molecule has 1 saturated heterocycles. The first kappa shape index (κ1) is 11.3. The molecule has 1 aliphatic heterocycles. The van der Waals surface area contributed by atoms with E-state index in [1.807, 2.05) is 0 Å². The number of fused-ring (bicyclic) bond motifs is 1. The van der Waals surface area contributed by atoms with Gasteiger partial charge < -0.3 is 9.30 Å². The lowest BCUT2D eigenvalue weighted by Gasteiger charge is -2.12. The molecule has 18 heavy (non-hydrogen) atoms. The molecule has 3 rings (SSSR count). The average molecular weight is 251 g/mol. The lowest BCUT2D eigenvalue weighted by molar-refractivity contribution is 0.153. The number of halogens is 2. The Hall–Kier alpha value is -1.75. The molecule has 2 aromatic rings. The Balaban J connectivity index is 2.26. The first-order valence-electron chi connectivity index (χ1n) is 5.69. The number of pyridine rings is 1. The van der Waals surface area contributed by atoms with Gasteiger partial charge in [-0.3, -0.25) is 4.79 Å². The molecule has 5 heteroatoms. The molecule has 0 unspecified atom stereocenters. The number of para-hydroxylation sites is 1. The van der Waals surface area contributed by atoms with Crippen LogP contribution in [-0.2, 0) is 11.3 Å². The number of alkyl halides is 2. The van der Waals surface area contributed by atoms with E-state index < -0.39 is 12.0 Å². The minimum absolute atomic E-state index is 0.0310. The Morgan fingerprint density at radius 2 is 2.11 bits per heavy atom. The van der Waals surface area contributed by atoms with E-state index in [0.717, 1.165) is 6.07 Å². The first-order valence-corrected chi connectivity index (χ1v) is 5.69. The maximum Gasteiger partial charge on any atom is 0.264 e. The number of hydrogen-bond acceptors (Lipinski definition) is 2. The quantitative estimate of drug-likeness (QED) is 0.785. The molecular formula is C13H11F2NO2. The Morgan fingerprint density at radius 3 is 2.78 bits per heavy atom. The zero-order valence-corrected chi connectivity index (χ0v) is 9.48. The third-order valence-corrected chi connectivity index (χ3v) is 3.07. The second-order valence-electron chi connectivity index (χ2n) is 4.32. The van der Waals surface area contributed by atoms with Crippen LogP contribution in [0.2, 0.25) is 0 Å². The van der Waals surface area contributed by atoms with Gasteiger partial charge in [-0.15, -0.1) is 0 Å². The molecule has 1 atom stereocenters. The summed E-state index contributed by atoms with van der Waals surface area (Å²) in [5, 5.41) is 0.424. The van der Waals surface area contributed by atoms with E-state index in [1.165, 1.54) is 4.57 Å². The zero-order chi connectivity index (χ0) is 12.7. The maximum atomic E-state index is 12.9. The van der Waals surface area contributed by atoms with Crippen molar-refractivity contribution in [2.75, 3.05) is 6.61 Å². The molecule has 3 nitrogen and oxygen atoms in total. The lowest BCUT2D eigenvalue weighted by atomic mass is 10.1. The van der Waals surface area contributed by atoms with Crippen LogP contribution in [0.1, 0.15) is 12.0 Å². The molecule has 1 aromatic carbocycles. The van der Waals surface area contributed by atoms with Gasteiger partial charge in [0.1, 0.15) is 0 Å². The summed E-state index contributed by atoms with van der Waals surface area (Å²) in [6, 6.07) is 7.75. The summed E-state index contributed by atoms with van der Waals surface area (Å²) < 4.78 is 32.4. The normalized spacial score (nSPS) is 18.5. The van der Waals surface area contributed by atoms with Crippen LogP contribution in [0.5, 0.6) is 0 Å². The fourth-order valence-corrected chi connectivity index (χ4v) is 2.11. The number of aromatic nitrogens is 1. The van der Waals surface area contributed by atoms with Crippen LogP contribution in [0.25, 0.3) is 10.9 Å². The Kier molecular flexibility index (Phi) is 2.63. The average Bonchev–Trinajstić information content (AvgIpc) is 3.16. The van der Waals surface area contributed by atoms with Gasteiger partial charge in [-0.1, -0.05) is 18.2 Å². The van der Waals surface area contributed by atoms with E-state index in [4.69, 9.17) is 4.74 Å². The highest BCUT2D eigenvalue weighted by Gasteiger charge is 2.25. The van der Waals surface area contributed by atoms with Crippen molar-refractivity contribution >= 4 is 10.9 Å². The summed E-state index contributed by atoms with van der Waals surface area (Å²) in [6.07, 6.45) is -2.61. The molecule has 0 spiro atoms. The molecule has 0 aliphatic carbocycles. The van der Waals surface area contributed by atoms with Gasteiger partial charge in [-0.05, 0) is 6.07 Å². The van der Waals surface area contributed by atoms with Crippen molar-refractivity contribution in [2.24, 2.45) is 0 Å². The highest BCUT2D eigenvalue weighted by molar-refractivity contribution is 5.82. The third-order valence-electron chi connectivity index (χ3n) is 3.07. The number of benzene rings is 1. The van der Waals surface area contributed by atoms with Crippen LogP contribution < -0.4 is 5.56 Å². The van der Waals surface area contributed by atoms with Crippen molar-refractivity contribution in [1.82, 2.24) is 4.57 Å². The van der Waals surface area contributed by atoms with Crippen LogP contribution in [0.4, 0.5) is 8.78 Å². The van der Waals surface area contributed by atoms with Crippen LogP contribution in [0.15, 0.2) is 35.1 Å². The van der Waals surface area contributed by atoms with Gasteiger partial charge in [0.2, 0.25) is 0 Å². The van der Waals surface area contributed by atoms with E-state index in [9.17, 15) is 13.6 Å². The fraction of sp³-hybridized carbons (Fsp3) is 0.308. The molecule has 0 saturated carbocycles. The van der Waals surface area contributed by atoms with Gasteiger partial charge in [-0.2, -0.15) is 0 Å². The molecule has 0 amide bonds. The summed E-state index contributed by atoms with van der Waals surface area (Å²) in [4.78, 5) is 11.9. The number of hydrogen-bond donors (Lipinski definition) is 0. The third kappa shape index (κ3) is 1.90. The molecule has 0 N–H and O–H groups in total. The van der Waals surface area contributed by atoms with Gasteiger partial charge in [0.25, 0.3) is 12.0 Å². The first-order chi connectivity index (χ1) is 8.66. The molecule has 94 valence electrons. The van der Waals surface area contributed by atoms with Crippen molar-refractivity contribution in [3.05, 3.63) is 46.2 Å². The van der Waals surface area contributed by atoms with Gasteiger partial charge in [0.05, 0.1) is 24.8 Å². The van der Waals surface area contributed by atoms with E-state index >= 15 is 0 Å². The summed E-state index contributed by atoms with van der Waals surface area (Å²) in [5.74, 6) is 0. The summed E-state index contributed by atoms with van der Waals surface area (Å²) in [6.45, 7) is 1.04. The monoisotopic (exact) mass is 251 g/mol. The zero-order valence-electron chi connectivity index (χ0n) is 9.48. The molecule has 2 heterocycles. The molecule has 1 aromatic heterocycles. The second-order valence-corrected chi connectivity index (χ2v) is 4.32. The van der Waals surface area contributed by atoms with Gasteiger partial charge in [-0.25, -0.2) is 8.78 Å². The fourth-order valence-electron chi connectivity index (χ4n) is 2.11. The molecule has 1 aliphatic rings. The van der Waals surface area contributed by atoms with Gasteiger partial charge >= 0.3 is 0 Å². The smallest absolute Gasteiger partial charge is 0.264 e. The molecular weight excluding hydrogens is 240 g/mol. The van der Waals surface area contributed by atoms with E-state index in [1.54, 1.807) is 24.3 Å². The standard InChI is InChI=1S/C13H11F2NO2/c14-13(15)10-5-12(17)16(6-8-7-18-8)11-4-2-1-3-9(10)11/h1-5,8,13H,6-7H2/t8-/m1/s1. The Bertz CT molecular complexity index is 647. The van der Waals surface area contributed by atoms with Crippen LogP contribution in [0, 0.1) is 0 Å². The van der Waals surface area contributed by atoms with Crippen LogP contribution in [-0.4, -0.2) is 17.3 Å². The van der Waals surface area contributed by atoms with Crippen LogP contribution >= 0.6 is 0 Å². The molecule has 1 fully saturated rings.